The van der Waals surface area contributed by atoms with Gasteiger partial charge in [0.1, 0.15) is 12.4 Å². The van der Waals surface area contributed by atoms with Crippen molar-refractivity contribution in [2.75, 3.05) is 33.3 Å². The summed E-state index contributed by atoms with van der Waals surface area (Å²) < 4.78 is 5.50. The number of rotatable bonds is 6. The zero-order valence-electron chi connectivity index (χ0n) is 14.8. The summed E-state index contributed by atoms with van der Waals surface area (Å²) >= 11 is 0. The number of hydrogen-bond donors (Lipinski definition) is 1. The molecular weight excluding hydrogens is 302 g/mol. The van der Waals surface area contributed by atoms with Gasteiger partial charge in [-0.15, -0.1) is 5.06 Å². The largest absolute Gasteiger partial charge is 0.495 e. The van der Waals surface area contributed by atoms with Gasteiger partial charge in [0.05, 0.1) is 12.6 Å². The number of nitrogens with one attached hydrogen (secondary N) is 1. The molecule has 5 nitrogen and oxygen atoms in total. The van der Waals surface area contributed by atoms with E-state index in [0.29, 0.717) is 13.2 Å². The molecule has 1 N–H and O–H groups in total. The minimum absolute atomic E-state index is 0.194. The molecule has 1 atom stereocenters. The number of fused-ring (bicyclic) bond motifs is 1. The predicted molar refractivity (Wildman–Crippen MR) is 97.1 cm³/mol. The lowest BCUT2D eigenvalue weighted by atomic mass is 10.1. The molecule has 1 aromatic heterocycles. The van der Waals surface area contributed by atoms with Crippen molar-refractivity contribution >= 4 is 10.9 Å². The molecule has 0 spiro atoms. The third-order valence-electron chi connectivity index (χ3n) is 4.62. The Hall–Kier alpha value is -1.98. The number of aromatic nitrogens is 1. The summed E-state index contributed by atoms with van der Waals surface area (Å²) in [6, 6.07) is 6.35. The molecule has 1 aromatic carbocycles. The fourth-order valence-electron chi connectivity index (χ4n) is 2.91. The zero-order chi connectivity index (χ0) is 17.1. The summed E-state index contributed by atoms with van der Waals surface area (Å²) in [5.41, 5.74) is 2.40. The molecular formula is C19H27N3O2. The Bertz CT molecular complexity index is 710. The van der Waals surface area contributed by atoms with Crippen LogP contribution in [0.2, 0.25) is 0 Å². The van der Waals surface area contributed by atoms with E-state index in [1.165, 1.54) is 10.9 Å². The van der Waals surface area contributed by atoms with E-state index in [0.717, 1.165) is 36.5 Å². The highest BCUT2D eigenvalue weighted by Gasteiger charge is 2.24. The molecule has 1 fully saturated rings. The number of morpholine rings is 1. The van der Waals surface area contributed by atoms with Gasteiger partial charge in [0.15, 0.2) is 5.75 Å². The van der Waals surface area contributed by atoms with Crippen LogP contribution < -0.4 is 4.84 Å². The maximum absolute atomic E-state index is 6.24. The van der Waals surface area contributed by atoms with Crippen molar-refractivity contribution in [2.45, 2.75) is 26.3 Å². The average Bonchev–Trinajstić information content (AvgIpc) is 3.00. The SMILES string of the molecule is C=C1CN(Oc2cccc3[nH]cc(CCN(C)CC)c23)C(C)CO1. The van der Waals surface area contributed by atoms with Gasteiger partial charge in [-0.2, -0.15) is 0 Å². The molecule has 3 rings (SSSR count). The molecule has 130 valence electrons. The van der Waals surface area contributed by atoms with Crippen LogP contribution in [-0.2, 0) is 11.2 Å². The maximum Gasteiger partial charge on any atom is 0.157 e. The number of H-pyrrole nitrogens is 1. The third kappa shape index (κ3) is 3.57. The van der Waals surface area contributed by atoms with Crippen LogP contribution in [0.4, 0.5) is 0 Å². The van der Waals surface area contributed by atoms with Crippen molar-refractivity contribution in [3.05, 3.63) is 42.3 Å². The van der Waals surface area contributed by atoms with Crippen LogP contribution in [0.15, 0.2) is 36.7 Å². The van der Waals surface area contributed by atoms with Crippen LogP contribution >= 0.6 is 0 Å². The number of nitrogens with zero attached hydrogens (tertiary/aromatic N) is 2. The highest BCUT2D eigenvalue weighted by atomic mass is 16.7. The van der Waals surface area contributed by atoms with Crippen LogP contribution in [0.3, 0.4) is 0 Å². The number of likely N-dealkylation sites (N-methyl/N-ethyl adjacent to an activating group) is 1. The molecule has 2 aromatic rings. The Morgan fingerprint density at radius 1 is 1.46 bits per heavy atom. The summed E-state index contributed by atoms with van der Waals surface area (Å²) in [4.78, 5) is 11.9. The molecule has 5 heteroatoms. The van der Waals surface area contributed by atoms with Crippen molar-refractivity contribution in [3.63, 3.8) is 0 Å². The molecule has 1 saturated heterocycles. The second kappa shape index (κ2) is 7.28. The van der Waals surface area contributed by atoms with Gasteiger partial charge in [0, 0.05) is 23.6 Å². The highest BCUT2D eigenvalue weighted by Crippen LogP contribution is 2.31. The fourth-order valence-corrected chi connectivity index (χ4v) is 2.91. The van der Waals surface area contributed by atoms with Crippen molar-refractivity contribution in [3.8, 4) is 5.75 Å². The molecule has 1 unspecified atom stereocenters. The number of aromatic amines is 1. The van der Waals surface area contributed by atoms with Crippen molar-refractivity contribution < 1.29 is 9.57 Å². The van der Waals surface area contributed by atoms with Crippen molar-refractivity contribution in [2.24, 2.45) is 0 Å². The minimum Gasteiger partial charge on any atom is -0.495 e. The van der Waals surface area contributed by atoms with Crippen LogP contribution in [0, 0.1) is 0 Å². The number of benzene rings is 1. The van der Waals surface area contributed by atoms with E-state index in [2.05, 4.69) is 49.6 Å². The molecule has 1 aliphatic rings. The van der Waals surface area contributed by atoms with E-state index in [1.807, 2.05) is 17.2 Å². The number of hydrogen-bond acceptors (Lipinski definition) is 4. The Labute approximate surface area is 143 Å². The fraction of sp³-hybridized carbons (Fsp3) is 0.474. The molecule has 1 aliphatic heterocycles. The van der Waals surface area contributed by atoms with Gasteiger partial charge >= 0.3 is 0 Å². The van der Waals surface area contributed by atoms with E-state index in [-0.39, 0.29) is 6.04 Å². The summed E-state index contributed by atoms with van der Waals surface area (Å²) in [7, 11) is 2.15. The summed E-state index contributed by atoms with van der Waals surface area (Å²) in [5.74, 6) is 1.64. The highest BCUT2D eigenvalue weighted by molar-refractivity contribution is 5.89. The average molecular weight is 329 g/mol. The number of ether oxygens (including phenoxy) is 1. The topological polar surface area (TPSA) is 40.7 Å². The maximum atomic E-state index is 6.24. The molecule has 0 saturated carbocycles. The van der Waals surface area contributed by atoms with Gasteiger partial charge in [0.2, 0.25) is 0 Å². The minimum atomic E-state index is 0.194. The molecule has 24 heavy (non-hydrogen) atoms. The summed E-state index contributed by atoms with van der Waals surface area (Å²) in [6.07, 6.45) is 3.10. The predicted octanol–water partition coefficient (Wildman–Crippen LogP) is 3.19. The third-order valence-corrected chi connectivity index (χ3v) is 4.62. The summed E-state index contributed by atoms with van der Waals surface area (Å²) in [5, 5.41) is 3.13. The standard InChI is InChI=1S/C19H27N3O2/c1-5-21(4)10-9-16-11-20-17-7-6-8-18(19(16)17)24-22-12-15(3)23-13-14(22)2/h6-8,11,14,20H,3,5,9-10,12-13H2,1-2,4H3. The zero-order valence-corrected chi connectivity index (χ0v) is 14.8. The van der Waals surface area contributed by atoms with Crippen LogP contribution in [0.5, 0.6) is 5.75 Å². The second-order valence-electron chi connectivity index (χ2n) is 6.50. The Balaban J connectivity index is 1.84. The molecule has 0 bridgehead atoms. The first kappa shape index (κ1) is 16.9. The lowest BCUT2D eigenvalue weighted by molar-refractivity contribution is -0.129. The lowest BCUT2D eigenvalue weighted by Gasteiger charge is -2.33. The Morgan fingerprint density at radius 3 is 3.08 bits per heavy atom. The Kier molecular flexibility index (Phi) is 5.11. The molecule has 0 amide bonds. The van der Waals surface area contributed by atoms with Crippen molar-refractivity contribution in [1.82, 2.24) is 14.9 Å². The Morgan fingerprint density at radius 2 is 2.29 bits per heavy atom. The summed E-state index contributed by atoms with van der Waals surface area (Å²) in [6.45, 7) is 11.5. The van der Waals surface area contributed by atoms with E-state index >= 15 is 0 Å². The van der Waals surface area contributed by atoms with Crippen LogP contribution in [0.1, 0.15) is 19.4 Å². The van der Waals surface area contributed by atoms with Crippen LogP contribution in [-0.4, -0.2) is 54.3 Å². The number of hydroxylamine groups is 2. The van der Waals surface area contributed by atoms with Gasteiger partial charge in [-0.05, 0) is 44.6 Å². The van der Waals surface area contributed by atoms with Crippen LogP contribution in [0.25, 0.3) is 10.9 Å². The van der Waals surface area contributed by atoms with Gasteiger partial charge in [-0.25, -0.2) is 0 Å². The van der Waals surface area contributed by atoms with Gasteiger partial charge in [0.25, 0.3) is 0 Å². The van der Waals surface area contributed by atoms with E-state index in [9.17, 15) is 0 Å². The quantitative estimate of drug-likeness (QED) is 0.884. The van der Waals surface area contributed by atoms with E-state index < -0.39 is 0 Å². The normalized spacial score (nSPS) is 19.0. The molecule has 2 heterocycles. The van der Waals surface area contributed by atoms with E-state index in [4.69, 9.17) is 9.57 Å². The van der Waals surface area contributed by atoms with Gasteiger partial charge in [-0.1, -0.05) is 19.6 Å². The van der Waals surface area contributed by atoms with Gasteiger partial charge < -0.3 is 19.5 Å². The first-order chi connectivity index (χ1) is 11.6. The lowest BCUT2D eigenvalue weighted by Crippen LogP contribution is -2.44. The smallest absolute Gasteiger partial charge is 0.157 e. The second-order valence-corrected chi connectivity index (χ2v) is 6.50. The van der Waals surface area contributed by atoms with E-state index in [1.54, 1.807) is 0 Å². The first-order valence-corrected chi connectivity index (χ1v) is 8.61. The van der Waals surface area contributed by atoms with Crippen molar-refractivity contribution in [1.29, 1.82) is 0 Å². The molecule has 0 radical (unpaired) electrons. The molecule has 0 aliphatic carbocycles. The monoisotopic (exact) mass is 329 g/mol. The first-order valence-electron chi connectivity index (χ1n) is 8.61. The van der Waals surface area contributed by atoms with Gasteiger partial charge in [-0.3, -0.25) is 0 Å².